The summed E-state index contributed by atoms with van der Waals surface area (Å²) in [5, 5.41) is 0. The van der Waals surface area contributed by atoms with Crippen molar-refractivity contribution in [3.05, 3.63) is 24.3 Å². The zero-order valence-electron chi connectivity index (χ0n) is 11.3. The molecule has 0 spiro atoms. The molecule has 0 unspecified atom stereocenters. The number of hydrogen-bond donors (Lipinski definition) is 0. The van der Waals surface area contributed by atoms with E-state index in [-0.39, 0.29) is 5.97 Å². The quantitative estimate of drug-likeness (QED) is 0.320. The highest BCUT2D eigenvalue weighted by atomic mass is 16.5. The molecule has 0 amide bonds. The average molecular weight is 238 g/mol. The number of rotatable bonds is 10. The second-order valence-electron chi connectivity index (χ2n) is 4.16. The Bertz CT molecular complexity index is 229. The first-order valence-corrected chi connectivity index (χ1v) is 6.70. The summed E-state index contributed by atoms with van der Waals surface area (Å²) in [6.07, 6.45) is 16.8. The maximum absolute atomic E-state index is 10.5. The molecule has 0 fully saturated rings. The number of esters is 1. The molecule has 0 aromatic rings. The van der Waals surface area contributed by atoms with Gasteiger partial charge in [-0.15, -0.1) is 0 Å². The lowest BCUT2D eigenvalue weighted by molar-refractivity contribution is -0.141. The Balaban J connectivity index is 3.21. The number of carbonyl (C=O) groups excluding carboxylic acids is 1. The summed E-state index contributed by atoms with van der Waals surface area (Å²) in [6, 6.07) is 0. The Kier molecular flexibility index (Phi) is 12.2. The second kappa shape index (κ2) is 13.0. The van der Waals surface area contributed by atoms with E-state index in [4.69, 9.17) is 4.74 Å². The Hall–Kier alpha value is -1.05. The van der Waals surface area contributed by atoms with Gasteiger partial charge in [0.1, 0.15) is 0 Å². The number of allylic oxidation sites excluding steroid dienone is 4. The SMILES string of the molecule is CCCCC/C=C/C/C=C/CCCOC(C)=O. The highest BCUT2D eigenvalue weighted by Crippen LogP contribution is 2.01. The lowest BCUT2D eigenvalue weighted by atomic mass is 10.2. The fourth-order valence-corrected chi connectivity index (χ4v) is 1.44. The molecule has 0 heterocycles. The highest BCUT2D eigenvalue weighted by Gasteiger charge is 1.89. The van der Waals surface area contributed by atoms with Crippen LogP contribution < -0.4 is 0 Å². The monoisotopic (exact) mass is 238 g/mol. The van der Waals surface area contributed by atoms with Gasteiger partial charge in [0, 0.05) is 6.92 Å². The Labute approximate surface area is 106 Å². The molecule has 17 heavy (non-hydrogen) atoms. The van der Waals surface area contributed by atoms with Gasteiger partial charge in [-0.3, -0.25) is 4.79 Å². The molecular weight excluding hydrogens is 212 g/mol. The molecule has 0 rings (SSSR count). The first-order valence-electron chi connectivity index (χ1n) is 6.70. The standard InChI is InChI=1S/C15H26O2/c1-3-4-5-6-7-8-9-10-11-12-13-14-17-15(2)16/h7-8,10-11H,3-6,9,12-14H2,1-2H3/b8-7+,11-10+. The zero-order valence-corrected chi connectivity index (χ0v) is 11.3. The molecule has 2 heteroatoms. The van der Waals surface area contributed by atoms with E-state index in [9.17, 15) is 4.79 Å². The van der Waals surface area contributed by atoms with E-state index in [1.807, 2.05) is 0 Å². The Morgan fingerprint density at radius 1 is 1.00 bits per heavy atom. The number of ether oxygens (including phenoxy) is 1. The molecule has 98 valence electrons. The molecule has 0 atom stereocenters. The first kappa shape index (κ1) is 16.0. The maximum atomic E-state index is 10.5. The van der Waals surface area contributed by atoms with E-state index in [0.717, 1.165) is 19.3 Å². The number of carbonyl (C=O) groups is 1. The Morgan fingerprint density at radius 3 is 2.24 bits per heavy atom. The van der Waals surface area contributed by atoms with E-state index in [1.54, 1.807) is 0 Å². The lowest BCUT2D eigenvalue weighted by Crippen LogP contribution is -1.99. The van der Waals surface area contributed by atoms with Gasteiger partial charge in [-0.05, 0) is 32.1 Å². The van der Waals surface area contributed by atoms with Crippen molar-refractivity contribution in [3.8, 4) is 0 Å². The van der Waals surface area contributed by atoms with E-state index < -0.39 is 0 Å². The van der Waals surface area contributed by atoms with Crippen LogP contribution in [0.3, 0.4) is 0 Å². The summed E-state index contributed by atoms with van der Waals surface area (Å²) in [5.74, 6) is -0.191. The smallest absolute Gasteiger partial charge is 0.302 e. The minimum absolute atomic E-state index is 0.191. The topological polar surface area (TPSA) is 26.3 Å². The van der Waals surface area contributed by atoms with Crippen molar-refractivity contribution >= 4 is 5.97 Å². The Morgan fingerprint density at radius 2 is 1.65 bits per heavy atom. The van der Waals surface area contributed by atoms with Crippen LogP contribution in [0.2, 0.25) is 0 Å². The van der Waals surface area contributed by atoms with Crippen molar-refractivity contribution in [2.24, 2.45) is 0 Å². The van der Waals surface area contributed by atoms with Gasteiger partial charge in [0.15, 0.2) is 0 Å². The van der Waals surface area contributed by atoms with Crippen LogP contribution in [-0.4, -0.2) is 12.6 Å². The van der Waals surface area contributed by atoms with Crippen LogP contribution in [0.4, 0.5) is 0 Å². The third-order valence-electron chi connectivity index (χ3n) is 2.40. The van der Waals surface area contributed by atoms with E-state index in [0.29, 0.717) is 6.61 Å². The van der Waals surface area contributed by atoms with Crippen molar-refractivity contribution in [3.63, 3.8) is 0 Å². The summed E-state index contributed by atoms with van der Waals surface area (Å²) in [5.41, 5.74) is 0. The predicted octanol–water partition coefficient (Wildman–Crippen LogP) is 4.41. The fraction of sp³-hybridized carbons (Fsp3) is 0.667. The van der Waals surface area contributed by atoms with Crippen LogP contribution in [0.15, 0.2) is 24.3 Å². The fourth-order valence-electron chi connectivity index (χ4n) is 1.44. The van der Waals surface area contributed by atoms with Crippen LogP contribution in [0.25, 0.3) is 0 Å². The number of unbranched alkanes of at least 4 members (excludes halogenated alkanes) is 4. The van der Waals surface area contributed by atoms with Crippen LogP contribution in [-0.2, 0) is 9.53 Å². The lowest BCUT2D eigenvalue weighted by Gasteiger charge is -1.97. The molecule has 0 saturated carbocycles. The third-order valence-corrected chi connectivity index (χ3v) is 2.40. The van der Waals surface area contributed by atoms with Crippen molar-refractivity contribution in [1.82, 2.24) is 0 Å². The van der Waals surface area contributed by atoms with E-state index >= 15 is 0 Å². The largest absolute Gasteiger partial charge is 0.466 e. The molecular formula is C15H26O2. The summed E-state index contributed by atoms with van der Waals surface area (Å²) >= 11 is 0. The molecule has 2 nitrogen and oxygen atoms in total. The van der Waals surface area contributed by atoms with Gasteiger partial charge >= 0.3 is 5.97 Å². The molecule has 0 aromatic carbocycles. The summed E-state index contributed by atoms with van der Waals surface area (Å²) in [7, 11) is 0. The van der Waals surface area contributed by atoms with Crippen molar-refractivity contribution < 1.29 is 9.53 Å². The van der Waals surface area contributed by atoms with Crippen molar-refractivity contribution in [2.45, 2.75) is 58.8 Å². The molecule has 0 aliphatic carbocycles. The normalized spacial score (nSPS) is 11.4. The molecule has 0 aliphatic heterocycles. The van der Waals surface area contributed by atoms with E-state index in [2.05, 4.69) is 31.2 Å². The van der Waals surface area contributed by atoms with Crippen LogP contribution in [0.1, 0.15) is 58.8 Å². The molecule has 0 radical (unpaired) electrons. The molecule has 0 aliphatic rings. The average Bonchev–Trinajstić information content (AvgIpc) is 2.30. The van der Waals surface area contributed by atoms with Crippen molar-refractivity contribution in [1.29, 1.82) is 0 Å². The summed E-state index contributed by atoms with van der Waals surface area (Å²) in [6.45, 7) is 4.20. The summed E-state index contributed by atoms with van der Waals surface area (Å²) < 4.78 is 4.84. The van der Waals surface area contributed by atoms with Gasteiger partial charge in [-0.25, -0.2) is 0 Å². The van der Waals surface area contributed by atoms with E-state index in [1.165, 1.54) is 32.6 Å². The van der Waals surface area contributed by atoms with Gasteiger partial charge in [0.25, 0.3) is 0 Å². The summed E-state index contributed by atoms with van der Waals surface area (Å²) in [4.78, 5) is 10.5. The zero-order chi connectivity index (χ0) is 12.8. The minimum Gasteiger partial charge on any atom is -0.466 e. The maximum Gasteiger partial charge on any atom is 0.302 e. The third kappa shape index (κ3) is 14.9. The first-order chi connectivity index (χ1) is 8.27. The van der Waals surface area contributed by atoms with Gasteiger partial charge in [0.05, 0.1) is 6.61 Å². The van der Waals surface area contributed by atoms with Gasteiger partial charge in [-0.1, -0.05) is 44.1 Å². The predicted molar refractivity (Wildman–Crippen MR) is 72.9 cm³/mol. The highest BCUT2D eigenvalue weighted by molar-refractivity contribution is 5.65. The molecule has 0 saturated heterocycles. The number of hydrogen-bond acceptors (Lipinski definition) is 2. The van der Waals surface area contributed by atoms with Crippen molar-refractivity contribution in [2.75, 3.05) is 6.61 Å². The molecule has 0 aromatic heterocycles. The van der Waals surface area contributed by atoms with Gasteiger partial charge in [-0.2, -0.15) is 0 Å². The minimum atomic E-state index is -0.191. The second-order valence-corrected chi connectivity index (χ2v) is 4.16. The van der Waals surface area contributed by atoms with Gasteiger partial charge < -0.3 is 4.74 Å². The van der Waals surface area contributed by atoms with Crippen LogP contribution >= 0.6 is 0 Å². The van der Waals surface area contributed by atoms with Gasteiger partial charge in [0.2, 0.25) is 0 Å². The van der Waals surface area contributed by atoms with Crippen LogP contribution in [0.5, 0.6) is 0 Å². The molecule has 0 bridgehead atoms. The van der Waals surface area contributed by atoms with Crippen LogP contribution in [0, 0.1) is 0 Å². The molecule has 0 N–H and O–H groups in total.